The largest absolute Gasteiger partial charge is 0.499 e. The van der Waals surface area contributed by atoms with Crippen molar-refractivity contribution in [3.05, 3.63) is 78.9 Å². The van der Waals surface area contributed by atoms with Gasteiger partial charge in [0.2, 0.25) is 0 Å². The maximum Gasteiger partial charge on any atom is 0.499 e. The highest BCUT2D eigenvalue weighted by atomic mass is 16.7. The van der Waals surface area contributed by atoms with Crippen LogP contribution in [0.25, 0.3) is 43.8 Å². The van der Waals surface area contributed by atoms with Gasteiger partial charge in [0.05, 0.1) is 11.2 Å². The zero-order valence-corrected chi connectivity index (χ0v) is 18.8. The second-order valence-electron chi connectivity index (χ2n) is 9.62. The molecule has 0 N–H and O–H groups in total. The summed E-state index contributed by atoms with van der Waals surface area (Å²) in [6.45, 7) is 8.33. The highest BCUT2D eigenvalue weighted by Gasteiger charge is 2.53. The van der Waals surface area contributed by atoms with Gasteiger partial charge in [-0.05, 0) is 61.4 Å². The van der Waals surface area contributed by atoms with Gasteiger partial charge in [0.15, 0.2) is 0 Å². The molecule has 0 radical (unpaired) electrons. The van der Waals surface area contributed by atoms with Crippen molar-refractivity contribution in [1.82, 2.24) is 0 Å². The van der Waals surface area contributed by atoms with Gasteiger partial charge in [0, 0.05) is 16.4 Å². The van der Waals surface area contributed by atoms with Crippen molar-refractivity contribution in [2.24, 2.45) is 0 Å². The summed E-state index contributed by atoms with van der Waals surface area (Å²) in [6, 6.07) is 27.4. The van der Waals surface area contributed by atoms with Crippen LogP contribution in [0.2, 0.25) is 0 Å². The molecule has 0 amide bonds. The van der Waals surface area contributed by atoms with E-state index in [1.807, 2.05) is 18.2 Å². The lowest BCUT2D eigenvalue weighted by Crippen LogP contribution is -2.41. The lowest BCUT2D eigenvalue weighted by molar-refractivity contribution is 0.00578. The number of hydrogen-bond acceptors (Lipinski definition) is 3. The third-order valence-electron chi connectivity index (χ3n) is 7.14. The van der Waals surface area contributed by atoms with Crippen molar-refractivity contribution in [3.63, 3.8) is 0 Å². The number of hydrogen-bond donors (Lipinski definition) is 0. The Morgan fingerprint density at radius 3 is 1.91 bits per heavy atom. The molecule has 0 saturated carbocycles. The normalized spacial score (nSPS) is 17.6. The number of rotatable bonds is 2. The average molecular weight is 420 g/mol. The average Bonchev–Trinajstić information content (AvgIpc) is 3.26. The zero-order valence-electron chi connectivity index (χ0n) is 18.8. The predicted octanol–water partition coefficient (Wildman–Crippen LogP) is 6.71. The fraction of sp³-hybridized carbons (Fsp3) is 0.214. The van der Waals surface area contributed by atoms with Crippen LogP contribution in [0.15, 0.2) is 83.3 Å². The molecule has 3 nitrogen and oxygen atoms in total. The summed E-state index contributed by atoms with van der Waals surface area (Å²) in [5, 5.41) is 5.81. The van der Waals surface area contributed by atoms with Crippen molar-refractivity contribution in [1.29, 1.82) is 0 Å². The summed E-state index contributed by atoms with van der Waals surface area (Å²) in [4.78, 5) is 0. The maximum atomic E-state index is 6.53. The van der Waals surface area contributed by atoms with E-state index < -0.39 is 18.3 Å². The van der Waals surface area contributed by atoms with Crippen LogP contribution in [0.3, 0.4) is 0 Å². The van der Waals surface area contributed by atoms with E-state index >= 15 is 0 Å². The first-order valence-electron chi connectivity index (χ1n) is 11.1. The van der Waals surface area contributed by atoms with Crippen LogP contribution in [0.1, 0.15) is 27.7 Å². The van der Waals surface area contributed by atoms with Gasteiger partial charge < -0.3 is 13.7 Å². The van der Waals surface area contributed by atoms with Crippen molar-refractivity contribution in [3.8, 4) is 11.3 Å². The van der Waals surface area contributed by atoms with Gasteiger partial charge in [0.1, 0.15) is 11.3 Å². The van der Waals surface area contributed by atoms with Crippen LogP contribution in [-0.2, 0) is 9.31 Å². The fourth-order valence-corrected chi connectivity index (χ4v) is 4.70. The summed E-state index contributed by atoms with van der Waals surface area (Å²) in [5.41, 5.74) is 1.99. The number of furan rings is 1. The molecule has 4 heteroatoms. The van der Waals surface area contributed by atoms with Crippen LogP contribution in [0.4, 0.5) is 0 Å². The smallest absolute Gasteiger partial charge is 0.456 e. The molecule has 1 aromatic heterocycles. The molecule has 32 heavy (non-hydrogen) atoms. The van der Waals surface area contributed by atoms with Gasteiger partial charge >= 0.3 is 7.12 Å². The molecule has 0 atom stereocenters. The molecule has 5 aromatic rings. The Bertz CT molecular complexity index is 1480. The van der Waals surface area contributed by atoms with Crippen LogP contribution in [0, 0.1) is 0 Å². The Hall–Kier alpha value is -3.08. The molecule has 0 aliphatic carbocycles. The number of benzene rings is 4. The van der Waals surface area contributed by atoms with Crippen molar-refractivity contribution in [2.45, 2.75) is 38.9 Å². The molecule has 1 aliphatic heterocycles. The quantitative estimate of drug-likeness (QED) is 0.235. The van der Waals surface area contributed by atoms with Crippen LogP contribution < -0.4 is 5.46 Å². The molecule has 1 aliphatic rings. The molecule has 4 aromatic carbocycles. The van der Waals surface area contributed by atoms with E-state index in [0.29, 0.717) is 0 Å². The minimum atomic E-state index is -0.510. The highest BCUT2D eigenvalue weighted by molar-refractivity contribution is 6.67. The van der Waals surface area contributed by atoms with Crippen LogP contribution in [-0.4, -0.2) is 18.3 Å². The second kappa shape index (κ2) is 6.71. The van der Waals surface area contributed by atoms with Gasteiger partial charge in [-0.25, -0.2) is 0 Å². The van der Waals surface area contributed by atoms with Crippen LogP contribution in [0.5, 0.6) is 0 Å². The first kappa shape index (κ1) is 19.6. The standard InChI is InChI=1S/C28H25BO3/c1-27(2)28(3,4)32-29(31-27)25-22-15-9-10-16-24(22)30-26(25)23-17-18-11-5-6-12-19(18)20-13-7-8-14-21(20)23/h5-17H,1-4H3. The molecule has 1 fully saturated rings. The van der Waals surface area contributed by atoms with E-state index in [-0.39, 0.29) is 0 Å². The summed E-state index contributed by atoms with van der Waals surface area (Å²) in [6.07, 6.45) is 0. The van der Waals surface area contributed by atoms with E-state index in [0.717, 1.165) is 33.1 Å². The minimum absolute atomic E-state index is 0.432. The van der Waals surface area contributed by atoms with Gasteiger partial charge in [0.25, 0.3) is 0 Å². The molecule has 1 saturated heterocycles. The van der Waals surface area contributed by atoms with E-state index in [1.165, 1.54) is 16.2 Å². The van der Waals surface area contributed by atoms with Gasteiger partial charge in [-0.3, -0.25) is 0 Å². The van der Waals surface area contributed by atoms with E-state index in [1.54, 1.807) is 0 Å². The Morgan fingerprint density at radius 1 is 0.625 bits per heavy atom. The zero-order chi connectivity index (χ0) is 22.1. The molecule has 158 valence electrons. The Morgan fingerprint density at radius 2 is 1.19 bits per heavy atom. The van der Waals surface area contributed by atoms with Crippen molar-refractivity contribution >= 4 is 45.1 Å². The summed E-state index contributed by atoms with van der Waals surface area (Å²) in [5.74, 6) is 0.812. The molecule has 0 spiro atoms. The fourth-order valence-electron chi connectivity index (χ4n) is 4.70. The first-order chi connectivity index (χ1) is 15.4. The molecule has 6 rings (SSSR count). The molecular formula is C28H25BO3. The number of fused-ring (bicyclic) bond motifs is 4. The summed E-state index contributed by atoms with van der Waals surface area (Å²) in [7, 11) is -0.510. The van der Waals surface area contributed by atoms with Crippen molar-refractivity contribution < 1.29 is 13.7 Å². The molecule has 2 heterocycles. The van der Waals surface area contributed by atoms with Gasteiger partial charge in [-0.15, -0.1) is 0 Å². The van der Waals surface area contributed by atoms with Crippen LogP contribution >= 0.6 is 0 Å². The lowest BCUT2D eigenvalue weighted by Gasteiger charge is -2.32. The van der Waals surface area contributed by atoms with Crippen molar-refractivity contribution in [2.75, 3.05) is 0 Å². The van der Waals surface area contributed by atoms with E-state index in [4.69, 9.17) is 13.7 Å². The highest BCUT2D eigenvalue weighted by Crippen LogP contribution is 2.41. The Kier molecular flexibility index (Phi) is 4.11. The third kappa shape index (κ3) is 2.76. The molecule has 0 bridgehead atoms. The third-order valence-corrected chi connectivity index (χ3v) is 7.14. The number of para-hydroxylation sites is 1. The topological polar surface area (TPSA) is 31.6 Å². The molecular weight excluding hydrogens is 395 g/mol. The minimum Gasteiger partial charge on any atom is -0.456 e. The van der Waals surface area contributed by atoms with E-state index in [9.17, 15) is 0 Å². The van der Waals surface area contributed by atoms with Gasteiger partial charge in [-0.1, -0.05) is 66.7 Å². The monoisotopic (exact) mass is 420 g/mol. The predicted molar refractivity (Wildman–Crippen MR) is 132 cm³/mol. The second-order valence-corrected chi connectivity index (χ2v) is 9.62. The van der Waals surface area contributed by atoms with Gasteiger partial charge in [-0.2, -0.15) is 0 Å². The van der Waals surface area contributed by atoms with E-state index in [2.05, 4.69) is 88.4 Å². The summed E-state index contributed by atoms with van der Waals surface area (Å²) >= 11 is 0. The summed E-state index contributed by atoms with van der Waals surface area (Å²) < 4.78 is 19.5. The Balaban J connectivity index is 1.68. The SMILES string of the molecule is CC1(C)OB(c2c(-c3cc4ccccc4c4ccccc34)oc3ccccc23)OC1(C)C. The maximum absolute atomic E-state index is 6.53. The first-order valence-corrected chi connectivity index (χ1v) is 11.1. The molecule has 0 unspecified atom stereocenters. The Labute approximate surface area is 188 Å². The lowest BCUT2D eigenvalue weighted by atomic mass is 9.75.